The van der Waals surface area contributed by atoms with Gasteiger partial charge in [-0.25, -0.2) is 0 Å². The van der Waals surface area contributed by atoms with E-state index in [0.717, 1.165) is 39.0 Å². The van der Waals surface area contributed by atoms with Crippen LogP contribution >= 0.6 is 0 Å². The van der Waals surface area contributed by atoms with E-state index in [1.807, 2.05) is 0 Å². The number of piperidine rings is 2. The molecule has 0 unspecified atom stereocenters. The molecule has 1 amide bonds. The second-order valence-corrected chi connectivity index (χ2v) is 10.2. The molecule has 1 N–H and O–H groups in total. The molecule has 4 nitrogen and oxygen atoms in total. The Balaban J connectivity index is 1.19. The lowest BCUT2D eigenvalue weighted by Crippen LogP contribution is -2.56. The molecule has 6 rings (SSSR count). The van der Waals surface area contributed by atoms with Crippen molar-refractivity contribution >= 4 is 16.8 Å². The lowest BCUT2D eigenvalue weighted by molar-refractivity contribution is -0.141. The van der Waals surface area contributed by atoms with Gasteiger partial charge in [0, 0.05) is 55.8 Å². The summed E-state index contributed by atoms with van der Waals surface area (Å²) in [5.74, 6) is 1.06. The Morgan fingerprint density at radius 2 is 1.54 bits per heavy atom. The van der Waals surface area contributed by atoms with E-state index < -0.39 is 0 Å². The van der Waals surface area contributed by atoms with Crippen molar-refractivity contribution in [1.82, 2.24) is 14.8 Å². The summed E-state index contributed by atoms with van der Waals surface area (Å²) in [6, 6.07) is 32.5. The van der Waals surface area contributed by atoms with Crippen molar-refractivity contribution in [3.63, 3.8) is 0 Å². The third-order valence-electron chi connectivity index (χ3n) is 7.99. The number of aromatic amines is 1. The molecule has 35 heavy (non-hydrogen) atoms. The summed E-state index contributed by atoms with van der Waals surface area (Å²) < 4.78 is 0. The number of carbonyl (C=O) groups is 1. The van der Waals surface area contributed by atoms with Crippen LogP contribution in [0.25, 0.3) is 10.9 Å². The summed E-state index contributed by atoms with van der Waals surface area (Å²) >= 11 is 0. The zero-order valence-corrected chi connectivity index (χ0v) is 20.1. The average Bonchev–Trinajstić information content (AvgIpc) is 3.31. The Hall–Kier alpha value is -3.37. The first kappa shape index (κ1) is 22.1. The zero-order chi connectivity index (χ0) is 23.6. The molecule has 3 heterocycles. The van der Waals surface area contributed by atoms with Crippen LogP contribution in [0.4, 0.5) is 0 Å². The van der Waals surface area contributed by atoms with Crippen LogP contribution in [0.5, 0.6) is 0 Å². The van der Waals surface area contributed by atoms with Gasteiger partial charge in [0.05, 0.1) is 0 Å². The molecule has 2 atom stereocenters. The molecular formula is C31H33N3O. The van der Waals surface area contributed by atoms with Gasteiger partial charge in [0.1, 0.15) is 0 Å². The maximum absolute atomic E-state index is 13.2. The SMILES string of the molecule is O=C1CC[C@@H]2CN(Cc3cc4ccccc4[nH]3)CC[C@@H]2N1CC(c1ccccc1)c1ccccc1. The highest BCUT2D eigenvalue weighted by molar-refractivity contribution is 5.80. The minimum atomic E-state index is 0.199. The van der Waals surface area contributed by atoms with E-state index in [4.69, 9.17) is 0 Å². The molecule has 0 aliphatic carbocycles. The predicted octanol–water partition coefficient (Wildman–Crippen LogP) is 5.81. The van der Waals surface area contributed by atoms with E-state index >= 15 is 0 Å². The average molecular weight is 464 g/mol. The van der Waals surface area contributed by atoms with Crippen molar-refractivity contribution in [2.75, 3.05) is 19.6 Å². The van der Waals surface area contributed by atoms with Gasteiger partial charge >= 0.3 is 0 Å². The highest BCUT2D eigenvalue weighted by atomic mass is 16.2. The van der Waals surface area contributed by atoms with E-state index in [0.29, 0.717) is 24.3 Å². The molecule has 0 saturated carbocycles. The van der Waals surface area contributed by atoms with Crippen LogP contribution in [-0.2, 0) is 11.3 Å². The van der Waals surface area contributed by atoms with Crippen molar-refractivity contribution in [1.29, 1.82) is 0 Å². The van der Waals surface area contributed by atoms with Gasteiger partial charge in [0.15, 0.2) is 0 Å². The first-order valence-corrected chi connectivity index (χ1v) is 12.9. The Morgan fingerprint density at radius 1 is 0.857 bits per heavy atom. The van der Waals surface area contributed by atoms with E-state index in [9.17, 15) is 4.79 Å². The molecule has 4 heteroatoms. The number of hydrogen-bond acceptors (Lipinski definition) is 2. The van der Waals surface area contributed by atoms with Crippen LogP contribution in [0, 0.1) is 5.92 Å². The van der Waals surface area contributed by atoms with Crippen molar-refractivity contribution in [3.8, 4) is 0 Å². The number of aromatic nitrogens is 1. The standard InChI is InChI=1S/C31H33N3O/c35-31-16-15-26-20-33(21-27-19-25-13-7-8-14-29(25)32-27)18-17-30(26)34(31)22-28(23-9-3-1-4-10-23)24-11-5-2-6-12-24/h1-14,19,26,28,30,32H,15-18,20-22H2/t26-,30+/m1/s1. The molecule has 0 radical (unpaired) electrons. The molecular weight excluding hydrogens is 430 g/mol. The normalized spacial score (nSPS) is 20.9. The number of nitrogens with zero attached hydrogens (tertiary/aromatic N) is 2. The minimum absolute atomic E-state index is 0.199. The van der Waals surface area contributed by atoms with Crippen LogP contribution in [-0.4, -0.2) is 46.4 Å². The Kier molecular flexibility index (Phi) is 6.13. The fraction of sp³-hybridized carbons (Fsp3) is 0.323. The molecule has 178 valence electrons. The summed E-state index contributed by atoms with van der Waals surface area (Å²) in [5.41, 5.74) is 5.05. The summed E-state index contributed by atoms with van der Waals surface area (Å²) in [7, 11) is 0. The van der Waals surface area contributed by atoms with E-state index in [2.05, 4.69) is 106 Å². The first-order chi connectivity index (χ1) is 17.2. The topological polar surface area (TPSA) is 39.3 Å². The lowest BCUT2D eigenvalue weighted by Gasteiger charge is -2.48. The number of carbonyl (C=O) groups excluding carboxylic acids is 1. The Bertz CT molecular complexity index is 1210. The number of benzene rings is 3. The fourth-order valence-corrected chi connectivity index (χ4v) is 6.24. The van der Waals surface area contributed by atoms with E-state index in [-0.39, 0.29) is 5.92 Å². The number of para-hydroxylation sites is 1. The number of rotatable bonds is 6. The van der Waals surface area contributed by atoms with E-state index in [1.165, 1.54) is 27.7 Å². The fourth-order valence-electron chi connectivity index (χ4n) is 6.24. The summed E-state index contributed by atoms with van der Waals surface area (Å²) in [6.45, 7) is 3.80. The zero-order valence-electron chi connectivity index (χ0n) is 20.1. The molecule has 2 aliphatic heterocycles. The minimum Gasteiger partial charge on any atom is -0.357 e. The van der Waals surface area contributed by atoms with Gasteiger partial charge in [-0.15, -0.1) is 0 Å². The van der Waals surface area contributed by atoms with Crippen LogP contribution in [0.2, 0.25) is 0 Å². The summed E-state index contributed by atoms with van der Waals surface area (Å²) in [6.07, 6.45) is 2.72. The van der Waals surface area contributed by atoms with Crippen molar-refractivity contribution in [3.05, 3.63) is 108 Å². The largest absolute Gasteiger partial charge is 0.357 e. The number of hydrogen-bond donors (Lipinski definition) is 1. The Labute approximate surface area is 207 Å². The predicted molar refractivity (Wildman–Crippen MR) is 141 cm³/mol. The molecule has 0 bridgehead atoms. The molecule has 2 fully saturated rings. The van der Waals surface area contributed by atoms with Gasteiger partial charge in [-0.2, -0.15) is 0 Å². The highest BCUT2D eigenvalue weighted by Gasteiger charge is 2.40. The maximum atomic E-state index is 13.2. The van der Waals surface area contributed by atoms with Gasteiger partial charge in [-0.3, -0.25) is 9.69 Å². The van der Waals surface area contributed by atoms with Gasteiger partial charge in [0.25, 0.3) is 0 Å². The van der Waals surface area contributed by atoms with Crippen LogP contribution in [0.1, 0.15) is 42.0 Å². The lowest BCUT2D eigenvalue weighted by atomic mass is 9.81. The molecule has 2 saturated heterocycles. The number of likely N-dealkylation sites (tertiary alicyclic amines) is 2. The number of fused-ring (bicyclic) bond motifs is 2. The number of nitrogens with one attached hydrogen (secondary N) is 1. The first-order valence-electron chi connectivity index (χ1n) is 12.9. The van der Waals surface area contributed by atoms with Gasteiger partial charge < -0.3 is 9.88 Å². The molecule has 1 aromatic heterocycles. The van der Waals surface area contributed by atoms with Crippen molar-refractivity contribution in [2.45, 2.75) is 37.8 Å². The summed E-state index contributed by atoms with van der Waals surface area (Å²) in [5, 5.41) is 1.28. The van der Waals surface area contributed by atoms with Crippen LogP contribution < -0.4 is 0 Å². The van der Waals surface area contributed by atoms with Crippen molar-refractivity contribution in [2.24, 2.45) is 5.92 Å². The molecule has 4 aromatic rings. The monoisotopic (exact) mass is 463 g/mol. The Morgan fingerprint density at radius 3 is 2.26 bits per heavy atom. The van der Waals surface area contributed by atoms with Crippen LogP contribution in [0.3, 0.4) is 0 Å². The maximum Gasteiger partial charge on any atom is 0.222 e. The van der Waals surface area contributed by atoms with Crippen molar-refractivity contribution < 1.29 is 4.79 Å². The number of amides is 1. The molecule has 3 aromatic carbocycles. The molecule has 0 spiro atoms. The second-order valence-electron chi connectivity index (χ2n) is 10.2. The van der Waals surface area contributed by atoms with E-state index in [1.54, 1.807) is 0 Å². The quantitative estimate of drug-likeness (QED) is 0.392. The smallest absolute Gasteiger partial charge is 0.222 e. The third kappa shape index (κ3) is 4.63. The van der Waals surface area contributed by atoms with Gasteiger partial charge in [0.2, 0.25) is 5.91 Å². The highest BCUT2D eigenvalue weighted by Crippen LogP contribution is 2.35. The van der Waals surface area contributed by atoms with Crippen LogP contribution in [0.15, 0.2) is 91.0 Å². The molecule has 2 aliphatic rings. The van der Waals surface area contributed by atoms with Gasteiger partial charge in [-0.05, 0) is 47.4 Å². The number of H-pyrrole nitrogens is 1. The third-order valence-corrected chi connectivity index (χ3v) is 7.99. The van der Waals surface area contributed by atoms with Gasteiger partial charge in [-0.1, -0.05) is 78.9 Å². The second kappa shape index (κ2) is 9.71. The summed E-state index contributed by atoms with van der Waals surface area (Å²) in [4.78, 5) is 21.6.